The van der Waals surface area contributed by atoms with Crippen LogP contribution in [0.5, 0.6) is 0 Å². The summed E-state index contributed by atoms with van der Waals surface area (Å²) in [5, 5.41) is 13.5. The summed E-state index contributed by atoms with van der Waals surface area (Å²) in [7, 11) is 0. The van der Waals surface area contributed by atoms with Gasteiger partial charge in [0.2, 0.25) is 0 Å². The highest BCUT2D eigenvalue weighted by atomic mass is 16.3. The SMILES string of the molecule is Cc1ccc2oc(C(=O)N3CCC(c4cc(C(=O)NCCO)c5ccccc5n4)C3)cc2c1. The van der Waals surface area contributed by atoms with Gasteiger partial charge in [0.15, 0.2) is 5.76 Å². The van der Waals surface area contributed by atoms with Crippen LogP contribution in [-0.2, 0) is 0 Å². The van der Waals surface area contributed by atoms with Gasteiger partial charge in [0.05, 0.1) is 17.7 Å². The number of furan rings is 1. The maximum atomic E-state index is 13.1. The zero-order valence-corrected chi connectivity index (χ0v) is 18.4. The zero-order chi connectivity index (χ0) is 22.9. The Bertz CT molecular complexity index is 1360. The number of para-hydroxylation sites is 1. The van der Waals surface area contributed by atoms with Gasteiger partial charge in [0.25, 0.3) is 11.8 Å². The van der Waals surface area contributed by atoms with Crippen molar-refractivity contribution in [3.8, 4) is 0 Å². The maximum absolute atomic E-state index is 13.1. The van der Waals surface area contributed by atoms with E-state index in [1.807, 2.05) is 55.5 Å². The number of aliphatic hydroxyl groups is 1. The Morgan fingerprint density at radius 2 is 2.03 bits per heavy atom. The number of aryl methyl sites for hydroxylation is 1. The quantitative estimate of drug-likeness (QED) is 0.491. The van der Waals surface area contributed by atoms with Crippen molar-refractivity contribution in [2.24, 2.45) is 0 Å². The Kier molecular flexibility index (Phi) is 5.56. The average molecular weight is 444 g/mol. The number of aromatic nitrogens is 1. The number of aliphatic hydroxyl groups excluding tert-OH is 1. The highest BCUT2D eigenvalue weighted by Gasteiger charge is 2.31. The molecule has 2 N–H and O–H groups in total. The predicted octanol–water partition coefficient (Wildman–Crippen LogP) is 3.64. The second-order valence-electron chi connectivity index (χ2n) is 8.48. The minimum absolute atomic E-state index is 0.0228. The third-order valence-corrected chi connectivity index (χ3v) is 6.15. The molecule has 7 nitrogen and oxygen atoms in total. The molecule has 2 aromatic heterocycles. The molecule has 1 aliphatic rings. The van der Waals surface area contributed by atoms with Crippen LogP contribution in [0.1, 0.15) is 44.5 Å². The molecule has 0 spiro atoms. The number of carbonyl (C=O) groups excluding carboxylic acids is 2. The molecule has 1 saturated heterocycles. The van der Waals surface area contributed by atoms with Gasteiger partial charge in [-0.2, -0.15) is 0 Å². The largest absolute Gasteiger partial charge is 0.451 e. The Morgan fingerprint density at radius 1 is 1.18 bits per heavy atom. The normalized spacial score (nSPS) is 15.9. The van der Waals surface area contributed by atoms with Crippen LogP contribution in [0.25, 0.3) is 21.9 Å². The van der Waals surface area contributed by atoms with E-state index in [0.717, 1.165) is 34.0 Å². The summed E-state index contributed by atoms with van der Waals surface area (Å²) in [4.78, 5) is 32.4. The van der Waals surface area contributed by atoms with Crippen LogP contribution in [0, 0.1) is 6.92 Å². The number of likely N-dealkylation sites (tertiary alicyclic amines) is 1. The molecule has 0 radical (unpaired) electrons. The van der Waals surface area contributed by atoms with E-state index in [1.165, 1.54) is 0 Å². The fourth-order valence-corrected chi connectivity index (χ4v) is 4.47. The molecular weight excluding hydrogens is 418 g/mol. The van der Waals surface area contributed by atoms with Gasteiger partial charge in [-0.3, -0.25) is 14.6 Å². The lowest BCUT2D eigenvalue weighted by atomic mass is 9.99. The maximum Gasteiger partial charge on any atom is 0.289 e. The van der Waals surface area contributed by atoms with Crippen LogP contribution < -0.4 is 5.32 Å². The number of hydrogen-bond donors (Lipinski definition) is 2. The van der Waals surface area contributed by atoms with Gasteiger partial charge in [0, 0.05) is 42.0 Å². The Morgan fingerprint density at radius 3 is 2.88 bits per heavy atom. The third kappa shape index (κ3) is 4.07. The number of amides is 2. The van der Waals surface area contributed by atoms with E-state index in [0.29, 0.717) is 30.0 Å². The molecule has 168 valence electrons. The van der Waals surface area contributed by atoms with Crippen molar-refractivity contribution in [1.29, 1.82) is 0 Å². The lowest BCUT2D eigenvalue weighted by Crippen LogP contribution is -2.28. The van der Waals surface area contributed by atoms with Crippen LogP contribution in [0.4, 0.5) is 0 Å². The summed E-state index contributed by atoms with van der Waals surface area (Å²) in [6, 6.07) is 17.0. The molecule has 0 bridgehead atoms. The number of pyridine rings is 1. The summed E-state index contributed by atoms with van der Waals surface area (Å²) in [5.74, 6) is -0.0122. The van der Waals surface area contributed by atoms with Gasteiger partial charge in [0.1, 0.15) is 5.58 Å². The van der Waals surface area contributed by atoms with Crippen LogP contribution in [0.15, 0.2) is 59.0 Å². The summed E-state index contributed by atoms with van der Waals surface area (Å²) >= 11 is 0. The van der Waals surface area contributed by atoms with E-state index in [4.69, 9.17) is 14.5 Å². The standard InChI is InChI=1S/C26H25N3O4/c1-16-6-7-23-18(12-16)13-24(33-23)26(32)29-10-8-17(15-29)22-14-20(25(31)27-9-11-30)19-4-2-3-5-21(19)28-22/h2-7,12-14,17,30H,8-11,15H2,1H3,(H,27,31). The molecule has 1 fully saturated rings. The van der Waals surface area contributed by atoms with E-state index in [2.05, 4.69) is 5.32 Å². The molecule has 7 heteroatoms. The molecule has 1 atom stereocenters. The van der Waals surface area contributed by atoms with Crippen molar-refractivity contribution in [1.82, 2.24) is 15.2 Å². The monoisotopic (exact) mass is 443 g/mol. The second-order valence-corrected chi connectivity index (χ2v) is 8.48. The first kappa shape index (κ1) is 21.2. The minimum Gasteiger partial charge on any atom is -0.451 e. The van der Waals surface area contributed by atoms with Gasteiger partial charge in [-0.25, -0.2) is 0 Å². The molecule has 2 aromatic carbocycles. The van der Waals surface area contributed by atoms with Crippen molar-refractivity contribution in [3.05, 3.63) is 77.2 Å². The molecule has 4 aromatic rings. The molecule has 1 unspecified atom stereocenters. The summed E-state index contributed by atoms with van der Waals surface area (Å²) in [6.07, 6.45) is 0.758. The van der Waals surface area contributed by atoms with Crippen molar-refractivity contribution in [2.45, 2.75) is 19.3 Å². The van der Waals surface area contributed by atoms with Gasteiger partial charge < -0.3 is 19.7 Å². The molecule has 0 aliphatic carbocycles. The third-order valence-electron chi connectivity index (χ3n) is 6.15. The number of nitrogens with zero attached hydrogens (tertiary/aromatic N) is 2. The molecular formula is C26H25N3O4. The number of hydrogen-bond acceptors (Lipinski definition) is 5. The van der Waals surface area contributed by atoms with Gasteiger partial charge >= 0.3 is 0 Å². The number of carbonyl (C=O) groups is 2. The number of rotatable bonds is 5. The molecule has 0 saturated carbocycles. The Balaban J connectivity index is 1.40. The summed E-state index contributed by atoms with van der Waals surface area (Å²) in [6.45, 7) is 3.18. The van der Waals surface area contributed by atoms with E-state index in [-0.39, 0.29) is 30.9 Å². The number of fused-ring (bicyclic) bond motifs is 2. The van der Waals surface area contributed by atoms with Crippen LogP contribution >= 0.6 is 0 Å². The highest BCUT2D eigenvalue weighted by Crippen LogP contribution is 2.31. The Labute approximate surface area is 191 Å². The fraction of sp³-hybridized carbons (Fsp3) is 0.269. The van der Waals surface area contributed by atoms with Crippen molar-refractivity contribution < 1.29 is 19.1 Å². The average Bonchev–Trinajstić information content (AvgIpc) is 3.48. The summed E-state index contributed by atoms with van der Waals surface area (Å²) in [5.41, 5.74) is 3.88. The van der Waals surface area contributed by atoms with E-state index < -0.39 is 0 Å². The molecule has 3 heterocycles. The Hall–Kier alpha value is -3.71. The minimum atomic E-state index is -0.243. The van der Waals surface area contributed by atoms with Crippen molar-refractivity contribution in [2.75, 3.05) is 26.2 Å². The van der Waals surface area contributed by atoms with E-state index in [1.54, 1.807) is 11.0 Å². The van der Waals surface area contributed by atoms with Crippen LogP contribution in [-0.4, -0.2) is 53.0 Å². The first-order valence-electron chi connectivity index (χ1n) is 11.1. The molecule has 33 heavy (non-hydrogen) atoms. The first-order valence-corrected chi connectivity index (χ1v) is 11.1. The second kappa shape index (κ2) is 8.67. The lowest BCUT2D eigenvalue weighted by molar-refractivity contribution is 0.0761. The topological polar surface area (TPSA) is 95.7 Å². The highest BCUT2D eigenvalue weighted by molar-refractivity contribution is 6.06. The molecule has 5 rings (SSSR count). The van der Waals surface area contributed by atoms with Crippen LogP contribution in [0.2, 0.25) is 0 Å². The first-order chi connectivity index (χ1) is 16.0. The molecule has 2 amide bonds. The fourth-order valence-electron chi connectivity index (χ4n) is 4.47. The number of benzene rings is 2. The van der Waals surface area contributed by atoms with E-state index >= 15 is 0 Å². The van der Waals surface area contributed by atoms with Gasteiger partial charge in [-0.15, -0.1) is 0 Å². The van der Waals surface area contributed by atoms with Gasteiger partial charge in [-0.1, -0.05) is 29.8 Å². The lowest BCUT2D eigenvalue weighted by Gasteiger charge is -2.16. The number of nitrogens with one attached hydrogen (secondary N) is 1. The van der Waals surface area contributed by atoms with Gasteiger partial charge in [-0.05, 0) is 43.7 Å². The van der Waals surface area contributed by atoms with Crippen LogP contribution in [0.3, 0.4) is 0 Å². The van der Waals surface area contributed by atoms with Crippen molar-refractivity contribution in [3.63, 3.8) is 0 Å². The summed E-state index contributed by atoms with van der Waals surface area (Å²) < 4.78 is 5.80. The zero-order valence-electron chi connectivity index (χ0n) is 18.4. The predicted molar refractivity (Wildman–Crippen MR) is 125 cm³/mol. The van der Waals surface area contributed by atoms with Crippen molar-refractivity contribution >= 4 is 33.7 Å². The molecule has 1 aliphatic heterocycles. The smallest absolute Gasteiger partial charge is 0.289 e. The van der Waals surface area contributed by atoms with E-state index in [9.17, 15) is 9.59 Å².